The van der Waals surface area contributed by atoms with Gasteiger partial charge in [-0.15, -0.1) is 0 Å². The maximum absolute atomic E-state index is 11.5. The van der Waals surface area contributed by atoms with E-state index in [1.807, 2.05) is 0 Å². The Hall–Kier alpha value is -0.700. The van der Waals surface area contributed by atoms with Crippen LogP contribution in [0.25, 0.3) is 6.08 Å². The third-order valence-corrected chi connectivity index (χ3v) is 4.84. The van der Waals surface area contributed by atoms with E-state index in [1.54, 1.807) is 0 Å². The molecule has 0 radical (unpaired) electrons. The van der Waals surface area contributed by atoms with Gasteiger partial charge < -0.3 is 30.7 Å². The largest absolute Gasteiger partial charge is 1.00 e. The van der Waals surface area contributed by atoms with Crippen molar-refractivity contribution in [3.63, 3.8) is 0 Å². The topological polar surface area (TPSA) is 214 Å². The fourth-order valence-corrected chi connectivity index (χ4v) is 3.10. The third-order valence-electron chi connectivity index (χ3n) is 3.51. The zero-order valence-corrected chi connectivity index (χ0v) is 23.9. The Labute approximate surface area is 243 Å². The van der Waals surface area contributed by atoms with Crippen molar-refractivity contribution in [3.8, 4) is 0 Å². The zero-order valence-electron chi connectivity index (χ0n) is 18.2. The van der Waals surface area contributed by atoms with Crippen LogP contribution in [0.4, 0.5) is 23.5 Å². The number of nitrogens with one attached hydrogen (secondary N) is 2. The molecule has 0 aliphatic rings. The van der Waals surface area contributed by atoms with Gasteiger partial charge in [0.05, 0.1) is 23.4 Å². The molecule has 0 bridgehead atoms. The molecule has 1 aromatic heterocycles. The SMILES string of the molecule is C=Cc1ccc(Nc2nc(/N=C\CSOO[O-])nc(NCC(O)CO)n2)cc1S(=O)(=O)[O-].[Na+].[Na+]. The molecular formula is C16H18N6Na2O8S2. The Morgan fingerprint density at radius 3 is 2.59 bits per heavy atom. The molecule has 174 valence electrons. The summed E-state index contributed by atoms with van der Waals surface area (Å²) in [5.41, 5.74) is 0.317. The first-order valence-corrected chi connectivity index (χ1v) is 11.0. The van der Waals surface area contributed by atoms with E-state index >= 15 is 0 Å². The molecule has 2 aromatic rings. The van der Waals surface area contributed by atoms with Crippen molar-refractivity contribution >= 4 is 58.0 Å². The van der Waals surface area contributed by atoms with Gasteiger partial charge in [0.1, 0.15) is 10.1 Å². The first-order chi connectivity index (χ1) is 15.3. The molecule has 14 nitrogen and oxygen atoms in total. The van der Waals surface area contributed by atoms with Gasteiger partial charge in [-0.2, -0.15) is 19.3 Å². The Balaban J connectivity index is 0.00000544. The van der Waals surface area contributed by atoms with Crippen LogP contribution in [0.3, 0.4) is 0 Å². The maximum atomic E-state index is 11.5. The number of nitrogens with zero attached hydrogens (tertiary/aromatic N) is 4. The van der Waals surface area contributed by atoms with E-state index in [1.165, 1.54) is 24.4 Å². The van der Waals surface area contributed by atoms with Gasteiger partial charge in [-0.1, -0.05) is 18.7 Å². The summed E-state index contributed by atoms with van der Waals surface area (Å²) in [5, 5.41) is 36.8. The number of aromatic nitrogens is 3. The summed E-state index contributed by atoms with van der Waals surface area (Å²) in [4.78, 5) is 15.6. The molecule has 1 unspecified atom stereocenters. The number of anilines is 3. The molecule has 4 N–H and O–H groups in total. The van der Waals surface area contributed by atoms with Crippen LogP contribution >= 0.6 is 12.0 Å². The number of aliphatic hydroxyl groups excluding tert-OH is 2. The Bertz CT molecular complexity index is 1060. The van der Waals surface area contributed by atoms with Crippen molar-refractivity contribution in [1.29, 1.82) is 0 Å². The van der Waals surface area contributed by atoms with Gasteiger partial charge in [0.25, 0.3) is 5.95 Å². The molecule has 1 heterocycles. The summed E-state index contributed by atoms with van der Waals surface area (Å²) in [6.45, 7) is 2.90. The third kappa shape index (κ3) is 11.4. The first-order valence-electron chi connectivity index (χ1n) is 8.65. The molecular weight excluding hydrogens is 514 g/mol. The molecule has 34 heavy (non-hydrogen) atoms. The second-order valence-electron chi connectivity index (χ2n) is 5.77. The number of hydrogen-bond donors (Lipinski definition) is 4. The molecule has 0 saturated heterocycles. The first kappa shape index (κ1) is 33.3. The van der Waals surface area contributed by atoms with E-state index in [4.69, 9.17) is 5.11 Å². The number of aliphatic imine (C=N–C) groups is 1. The number of aliphatic hydroxyl groups is 2. The van der Waals surface area contributed by atoms with E-state index in [9.17, 15) is 23.3 Å². The van der Waals surface area contributed by atoms with E-state index in [0.717, 1.165) is 6.07 Å². The standard InChI is InChI=1S/C16H20N6O8S2.2Na/c1-2-10-3-4-11(7-13(10)32(26,27)28)19-16-21-14(17-5-6-31-30-29-25)20-15(22-16)18-8-12(24)9-23;;/h2-5,7,12,23-25H,1,6,8-9H2,(H,26,27,28)(H2,18,19,20,21,22);;/q;2*+1/p-2/b17-5-;;. The van der Waals surface area contributed by atoms with Crippen LogP contribution in [0, 0.1) is 0 Å². The van der Waals surface area contributed by atoms with Gasteiger partial charge in [-0.25, -0.2) is 13.4 Å². The monoisotopic (exact) mass is 532 g/mol. The summed E-state index contributed by atoms with van der Waals surface area (Å²) in [7, 11) is -4.77. The van der Waals surface area contributed by atoms with E-state index in [2.05, 4.69) is 46.5 Å². The molecule has 0 spiro atoms. The van der Waals surface area contributed by atoms with Gasteiger partial charge in [0.15, 0.2) is 0 Å². The van der Waals surface area contributed by atoms with Crippen LogP contribution in [-0.2, 0) is 19.5 Å². The van der Waals surface area contributed by atoms with Crippen molar-refractivity contribution in [2.45, 2.75) is 11.0 Å². The quantitative estimate of drug-likeness (QED) is 0.0359. The molecule has 0 saturated carbocycles. The summed E-state index contributed by atoms with van der Waals surface area (Å²) >= 11 is 0.666. The van der Waals surface area contributed by atoms with Gasteiger partial charge in [-0.05, 0) is 17.7 Å². The zero-order chi connectivity index (χ0) is 23.6. The van der Waals surface area contributed by atoms with E-state index in [-0.39, 0.29) is 101 Å². The minimum Gasteiger partial charge on any atom is -0.744 e. The Morgan fingerprint density at radius 1 is 1.26 bits per heavy atom. The second kappa shape index (κ2) is 16.9. The van der Waals surface area contributed by atoms with Crippen molar-refractivity contribution in [3.05, 3.63) is 30.3 Å². The summed E-state index contributed by atoms with van der Waals surface area (Å²) < 4.78 is 38.6. The summed E-state index contributed by atoms with van der Waals surface area (Å²) in [6, 6.07) is 3.97. The van der Waals surface area contributed by atoms with Crippen LogP contribution in [0.2, 0.25) is 0 Å². The van der Waals surface area contributed by atoms with Gasteiger partial charge >= 0.3 is 59.1 Å². The van der Waals surface area contributed by atoms with Crippen LogP contribution in [0.1, 0.15) is 5.56 Å². The number of hydrogen-bond acceptors (Lipinski definition) is 15. The van der Waals surface area contributed by atoms with Gasteiger partial charge in [-0.3, -0.25) is 5.04 Å². The maximum Gasteiger partial charge on any atom is 1.00 e. The Morgan fingerprint density at radius 2 is 1.97 bits per heavy atom. The Kier molecular flexibility index (Phi) is 16.5. The van der Waals surface area contributed by atoms with Crippen LogP contribution in [0.5, 0.6) is 0 Å². The minimum absolute atomic E-state index is 0. The van der Waals surface area contributed by atoms with Crippen LogP contribution in [0.15, 0.2) is 34.7 Å². The van der Waals surface area contributed by atoms with E-state index < -0.39 is 27.7 Å². The van der Waals surface area contributed by atoms with Crippen molar-refractivity contribution in [2.24, 2.45) is 4.99 Å². The van der Waals surface area contributed by atoms with Crippen LogP contribution in [-0.4, -0.2) is 69.4 Å². The predicted molar refractivity (Wildman–Crippen MR) is 112 cm³/mol. The molecule has 0 fully saturated rings. The van der Waals surface area contributed by atoms with Crippen molar-refractivity contribution < 1.29 is 96.9 Å². The predicted octanol–water partition coefficient (Wildman–Crippen LogP) is -6.49. The van der Waals surface area contributed by atoms with E-state index in [0.29, 0.717) is 12.0 Å². The molecule has 1 atom stereocenters. The molecule has 18 heteroatoms. The number of benzene rings is 1. The van der Waals surface area contributed by atoms with Gasteiger partial charge in [0.2, 0.25) is 11.9 Å². The van der Waals surface area contributed by atoms with Crippen molar-refractivity contribution in [1.82, 2.24) is 15.0 Å². The van der Waals surface area contributed by atoms with Crippen molar-refractivity contribution in [2.75, 3.05) is 29.5 Å². The fraction of sp³-hybridized carbons (Fsp3) is 0.250. The number of rotatable bonds is 13. The molecule has 0 amide bonds. The molecule has 1 aromatic carbocycles. The van der Waals surface area contributed by atoms with Gasteiger partial charge in [0, 0.05) is 30.5 Å². The average Bonchev–Trinajstić information content (AvgIpc) is 2.76. The minimum atomic E-state index is -4.77. The normalized spacial score (nSPS) is 11.9. The average molecular weight is 532 g/mol. The second-order valence-corrected chi connectivity index (χ2v) is 7.82. The molecule has 2 rings (SSSR count). The smallest absolute Gasteiger partial charge is 0.744 e. The molecule has 0 aliphatic carbocycles. The van der Waals surface area contributed by atoms with Crippen LogP contribution < -0.4 is 75.0 Å². The summed E-state index contributed by atoms with van der Waals surface area (Å²) in [6.07, 6.45) is 1.47. The fourth-order valence-electron chi connectivity index (χ4n) is 2.15. The summed E-state index contributed by atoms with van der Waals surface area (Å²) in [5.74, 6) is -0.0588. The molecule has 0 aliphatic heterocycles.